The third-order valence-electron chi connectivity index (χ3n) is 6.81. The van der Waals surface area contributed by atoms with E-state index < -0.39 is 0 Å². The second kappa shape index (κ2) is 9.78. The Morgan fingerprint density at radius 1 is 0.882 bits per heavy atom. The molecule has 0 saturated carbocycles. The first kappa shape index (κ1) is 22.3. The van der Waals surface area contributed by atoms with Gasteiger partial charge in [-0.2, -0.15) is 0 Å². The van der Waals surface area contributed by atoms with Crippen LogP contribution in [0.1, 0.15) is 57.3 Å². The lowest BCUT2D eigenvalue weighted by molar-refractivity contribution is 0.0961. The van der Waals surface area contributed by atoms with Crippen LogP contribution in [0.5, 0.6) is 0 Å². The van der Waals surface area contributed by atoms with E-state index >= 15 is 0 Å². The Kier molecular flexibility index (Phi) is 6.41. The zero-order valence-electron chi connectivity index (χ0n) is 19.7. The van der Waals surface area contributed by atoms with Crippen molar-refractivity contribution in [3.63, 3.8) is 0 Å². The average Bonchev–Trinajstić information content (AvgIpc) is 3.18. The maximum Gasteiger partial charge on any atom is 0.179 e. The zero-order chi connectivity index (χ0) is 23.5. The van der Waals surface area contributed by atoms with Crippen LogP contribution < -0.4 is 0 Å². The monoisotopic (exact) mass is 450 g/mol. The van der Waals surface area contributed by atoms with E-state index in [1.54, 1.807) is 6.92 Å². The number of hydrogen-bond acceptors (Lipinski definition) is 3. The summed E-state index contributed by atoms with van der Waals surface area (Å²) in [5, 5.41) is 1.06. The molecule has 0 aliphatic heterocycles. The molecule has 0 saturated heterocycles. The van der Waals surface area contributed by atoms with Gasteiger partial charge in [0.05, 0.1) is 5.69 Å². The summed E-state index contributed by atoms with van der Waals surface area (Å²) in [4.78, 5) is 27.5. The van der Waals surface area contributed by atoms with Gasteiger partial charge in [0.1, 0.15) is 0 Å². The Morgan fingerprint density at radius 3 is 2.15 bits per heavy atom. The summed E-state index contributed by atoms with van der Waals surface area (Å²) in [6.45, 7) is 4.85. The van der Waals surface area contributed by atoms with Crippen LogP contribution in [0.15, 0.2) is 78.9 Å². The molecule has 34 heavy (non-hydrogen) atoms. The highest BCUT2D eigenvalue weighted by Gasteiger charge is 2.26. The first-order valence-corrected chi connectivity index (χ1v) is 12.1. The fourth-order valence-corrected chi connectivity index (χ4v) is 5.13. The number of aryl methyl sites for hydroxylation is 1. The van der Waals surface area contributed by atoms with E-state index in [4.69, 9.17) is 0 Å². The van der Waals surface area contributed by atoms with Gasteiger partial charge in [-0.1, -0.05) is 60.7 Å². The zero-order valence-corrected chi connectivity index (χ0v) is 19.7. The van der Waals surface area contributed by atoms with E-state index in [2.05, 4.69) is 58.0 Å². The third kappa shape index (κ3) is 4.59. The van der Waals surface area contributed by atoms with E-state index in [0.29, 0.717) is 12.0 Å². The Balaban J connectivity index is 1.48. The summed E-state index contributed by atoms with van der Waals surface area (Å²) in [7, 11) is 0. The molecule has 5 rings (SSSR count). The molecule has 1 aliphatic carbocycles. The molecule has 0 fully saturated rings. The van der Waals surface area contributed by atoms with Gasteiger partial charge in [0.25, 0.3) is 0 Å². The topological polar surface area (TPSA) is 42.3 Å². The number of fused-ring (bicyclic) bond motifs is 3. The van der Waals surface area contributed by atoms with Crippen LogP contribution in [-0.4, -0.2) is 27.6 Å². The summed E-state index contributed by atoms with van der Waals surface area (Å²) in [6.07, 6.45) is 2.37. The number of Topliss-reactive ketones (excluding diaryl/α,β-unsaturated/α-hetero) is 2. The molecule has 0 amide bonds. The molecule has 4 aromatic rings. The predicted molar refractivity (Wildman–Crippen MR) is 136 cm³/mol. The van der Waals surface area contributed by atoms with Crippen molar-refractivity contribution in [1.82, 2.24) is 9.47 Å². The minimum atomic E-state index is 0.0578. The standard InChI is InChI=1S/C30H30N2O2/c1-22(33)25-15-16-28-27(19-25)26-13-8-14-29(34)30(26)32(28)18-17-31(20-23-9-4-2-5-10-23)21-24-11-6-3-7-12-24/h2-7,9-12,15-16,19H,8,13-14,17-18,20-21H2,1H3. The lowest BCUT2D eigenvalue weighted by atomic mass is 9.94. The summed E-state index contributed by atoms with van der Waals surface area (Å²) in [5.74, 6) is 0.280. The Bertz CT molecular complexity index is 1280. The van der Waals surface area contributed by atoms with E-state index in [0.717, 1.165) is 61.2 Å². The smallest absolute Gasteiger partial charge is 0.179 e. The number of carbonyl (C=O) groups is 2. The molecule has 0 N–H and O–H groups in total. The number of nitrogens with zero attached hydrogens (tertiary/aromatic N) is 2. The Morgan fingerprint density at radius 2 is 1.53 bits per heavy atom. The fraction of sp³-hybridized carbons (Fsp3) is 0.267. The lowest BCUT2D eigenvalue weighted by Gasteiger charge is -2.24. The SMILES string of the molecule is CC(=O)c1ccc2c(c1)c1c(n2CCN(Cc2ccccc2)Cc2ccccc2)C(=O)CCC1. The van der Waals surface area contributed by atoms with Crippen molar-refractivity contribution in [3.05, 3.63) is 107 Å². The second-order valence-corrected chi connectivity index (χ2v) is 9.23. The van der Waals surface area contributed by atoms with Gasteiger partial charge in [0.15, 0.2) is 11.6 Å². The van der Waals surface area contributed by atoms with Crippen LogP contribution in [0, 0.1) is 0 Å². The van der Waals surface area contributed by atoms with E-state index in [1.807, 2.05) is 30.3 Å². The van der Waals surface area contributed by atoms with Crippen molar-refractivity contribution >= 4 is 22.5 Å². The summed E-state index contributed by atoms with van der Waals surface area (Å²) in [6, 6.07) is 27.0. The molecule has 1 heterocycles. The van der Waals surface area contributed by atoms with Gasteiger partial charge in [-0.25, -0.2) is 0 Å². The minimum absolute atomic E-state index is 0.0578. The first-order chi connectivity index (χ1) is 16.6. The molecule has 0 atom stereocenters. The van der Waals surface area contributed by atoms with Gasteiger partial charge in [0.2, 0.25) is 0 Å². The van der Waals surface area contributed by atoms with Crippen molar-refractivity contribution in [3.8, 4) is 0 Å². The highest BCUT2D eigenvalue weighted by Crippen LogP contribution is 2.33. The van der Waals surface area contributed by atoms with E-state index in [-0.39, 0.29) is 11.6 Å². The van der Waals surface area contributed by atoms with Crippen LogP contribution in [0.25, 0.3) is 10.9 Å². The molecule has 4 heteroatoms. The number of aromatic nitrogens is 1. The molecule has 1 aliphatic rings. The lowest BCUT2D eigenvalue weighted by Crippen LogP contribution is -2.28. The van der Waals surface area contributed by atoms with E-state index in [9.17, 15) is 9.59 Å². The molecule has 0 spiro atoms. The van der Waals surface area contributed by atoms with Gasteiger partial charge in [-0.3, -0.25) is 14.5 Å². The number of carbonyl (C=O) groups excluding carboxylic acids is 2. The molecule has 0 radical (unpaired) electrons. The van der Waals surface area contributed by atoms with Crippen LogP contribution in [0.4, 0.5) is 0 Å². The maximum absolute atomic E-state index is 13.0. The van der Waals surface area contributed by atoms with Gasteiger partial charge in [0, 0.05) is 49.1 Å². The summed E-state index contributed by atoms with van der Waals surface area (Å²) < 4.78 is 2.21. The molecule has 0 bridgehead atoms. The molecule has 0 unspecified atom stereocenters. The van der Waals surface area contributed by atoms with Crippen molar-refractivity contribution in [1.29, 1.82) is 0 Å². The normalized spacial score (nSPS) is 13.4. The predicted octanol–water partition coefficient (Wildman–Crippen LogP) is 6.07. The average molecular weight is 451 g/mol. The summed E-state index contributed by atoms with van der Waals surface area (Å²) >= 11 is 0. The molecule has 172 valence electrons. The summed E-state index contributed by atoms with van der Waals surface area (Å²) in [5.41, 5.74) is 6.29. The molecular formula is C30H30N2O2. The van der Waals surface area contributed by atoms with Crippen LogP contribution in [0.3, 0.4) is 0 Å². The van der Waals surface area contributed by atoms with Crippen molar-refractivity contribution in [2.45, 2.75) is 45.8 Å². The number of benzene rings is 3. The maximum atomic E-state index is 13.0. The van der Waals surface area contributed by atoms with Crippen molar-refractivity contribution in [2.24, 2.45) is 0 Å². The Labute approximate surface area is 200 Å². The van der Waals surface area contributed by atoms with Crippen molar-refractivity contribution in [2.75, 3.05) is 6.54 Å². The largest absolute Gasteiger partial charge is 0.337 e. The molecule has 3 aromatic carbocycles. The first-order valence-electron chi connectivity index (χ1n) is 12.1. The van der Waals surface area contributed by atoms with Gasteiger partial charge < -0.3 is 4.57 Å². The fourth-order valence-electron chi connectivity index (χ4n) is 5.13. The minimum Gasteiger partial charge on any atom is -0.337 e. The third-order valence-corrected chi connectivity index (χ3v) is 6.81. The molecule has 4 nitrogen and oxygen atoms in total. The van der Waals surface area contributed by atoms with Gasteiger partial charge in [-0.05, 0) is 54.7 Å². The molecular weight excluding hydrogens is 420 g/mol. The van der Waals surface area contributed by atoms with Crippen LogP contribution in [-0.2, 0) is 26.1 Å². The number of rotatable bonds is 8. The van der Waals surface area contributed by atoms with Gasteiger partial charge in [-0.15, -0.1) is 0 Å². The van der Waals surface area contributed by atoms with Crippen LogP contribution in [0.2, 0.25) is 0 Å². The molecule has 1 aromatic heterocycles. The van der Waals surface area contributed by atoms with E-state index in [1.165, 1.54) is 11.1 Å². The Hall–Kier alpha value is -3.50. The quantitative estimate of drug-likeness (QED) is 0.306. The highest BCUT2D eigenvalue weighted by atomic mass is 16.1. The second-order valence-electron chi connectivity index (χ2n) is 9.23. The van der Waals surface area contributed by atoms with Gasteiger partial charge >= 0.3 is 0 Å². The highest BCUT2D eigenvalue weighted by molar-refractivity contribution is 6.06. The van der Waals surface area contributed by atoms with Crippen molar-refractivity contribution < 1.29 is 9.59 Å². The van der Waals surface area contributed by atoms with Crippen LogP contribution >= 0.6 is 0 Å². The number of ketones is 2. The number of hydrogen-bond donors (Lipinski definition) is 0.